The van der Waals surface area contributed by atoms with Crippen LogP contribution in [0.15, 0.2) is 24.3 Å². The molecule has 6 heteroatoms. The number of benzene rings is 1. The third kappa shape index (κ3) is 13.4. The van der Waals surface area contributed by atoms with E-state index in [4.69, 9.17) is 0 Å². The lowest BCUT2D eigenvalue weighted by Gasteiger charge is -1.90. The van der Waals surface area contributed by atoms with Crippen LogP contribution in [0.1, 0.15) is 11.1 Å². The standard InChI is InChI=1S/C8H10.6FH/c1-7-4-3-5-8(2)6-7;;;;;;/h3-6H,1-2H3;6*1H/p-6. The van der Waals surface area contributed by atoms with Crippen LogP contribution in [0.4, 0.5) is 0 Å². The van der Waals surface area contributed by atoms with Gasteiger partial charge in [-0.3, -0.25) is 0 Å². The highest BCUT2D eigenvalue weighted by Gasteiger charge is 1.80. The summed E-state index contributed by atoms with van der Waals surface area (Å²) in [4.78, 5) is 0. The Morgan fingerprint density at radius 1 is 0.643 bits per heavy atom. The van der Waals surface area contributed by atoms with Crippen LogP contribution < -0.4 is 28.2 Å². The van der Waals surface area contributed by atoms with E-state index in [1.165, 1.54) is 11.1 Å². The maximum absolute atomic E-state index is 2.17. The van der Waals surface area contributed by atoms with Crippen LogP contribution in [0.3, 0.4) is 0 Å². The summed E-state index contributed by atoms with van der Waals surface area (Å²) in [5.41, 5.74) is 2.68. The zero-order chi connectivity index (χ0) is 5.98. The number of halogens is 6. The van der Waals surface area contributed by atoms with E-state index in [2.05, 4.69) is 38.1 Å². The van der Waals surface area contributed by atoms with Crippen molar-refractivity contribution in [3.63, 3.8) is 0 Å². The molecule has 90 valence electrons. The highest BCUT2D eigenvalue weighted by Crippen LogP contribution is 2.00. The van der Waals surface area contributed by atoms with Crippen LogP contribution in [0, 0.1) is 13.8 Å². The minimum absolute atomic E-state index is 0. The smallest absolute Gasteiger partial charge is 0.0398 e. The molecule has 0 amide bonds. The Morgan fingerprint density at radius 3 is 1.07 bits per heavy atom. The molecule has 0 aromatic heterocycles. The molecule has 0 bridgehead atoms. The van der Waals surface area contributed by atoms with Gasteiger partial charge in [0, 0.05) is 0 Å². The molecule has 0 saturated carbocycles. The summed E-state index contributed by atoms with van der Waals surface area (Å²) in [5.74, 6) is 0. The molecule has 0 aliphatic carbocycles. The Morgan fingerprint density at radius 2 is 0.929 bits per heavy atom. The predicted octanol–water partition coefficient (Wildman–Crippen LogP) is -15.7. The van der Waals surface area contributed by atoms with Crippen molar-refractivity contribution in [1.82, 2.24) is 0 Å². The van der Waals surface area contributed by atoms with E-state index in [0.29, 0.717) is 0 Å². The summed E-state index contributed by atoms with van der Waals surface area (Å²) in [6.45, 7) is 4.21. The number of aryl methyl sites for hydroxylation is 2. The average Bonchev–Trinajstić information content (AvgIpc) is 1.64. The van der Waals surface area contributed by atoms with Crippen molar-refractivity contribution in [1.29, 1.82) is 0 Å². The molecule has 0 saturated heterocycles. The molecule has 1 aromatic carbocycles. The van der Waals surface area contributed by atoms with Crippen LogP contribution in [0.2, 0.25) is 0 Å². The topological polar surface area (TPSA) is 0 Å². The Bertz CT molecular complexity index is 174. The highest BCUT2D eigenvalue weighted by atomic mass is 19.0. The van der Waals surface area contributed by atoms with E-state index in [0.717, 1.165) is 0 Å². The largest absolute Gasteiger partial charge is 1.00 e. The zero-order valence-electron chi connectivity index (χ0n) is 7.58. The van der Waals surface area contributed by atoms with Crippen molar-refractivity contribution in [3.05, 3.63) is 35.4 Å². The quantitative estimate of drug-likeness (QED) is 0.381. The Labute approximate surface area is 78.5 Å². The molecule has 0 atom stereocenters. The van der Waals surface area contributed by atoms with Crippen LogP contribution in [0.25, 0.3) is 0 Å². The van der Waals surface area contributed by atoms with Crippen molar-refractivity contribution in [2.24, 2.45) is 0 Å². The molecule has 1 aromatic rings. The highest BCUT2D eigenvalue weighted by molar-refractivity contribution is 5.20. The minimum Gasteiger partial charge on any atom is -1.00 e. The molecule has 0 radical (unpaired) electrons. The third-order valence-electron chi connectivity index (χ3n) is 1.17. The molecule has 0 fully saturated rings. The molecule has 0 aliphatic heterocycles. The van der Waals surface area contributed by atoms with Gasteiger partial charge in [-0.05, 0) is 13.8 Å². The van der Waals surface area contributed by atoms with Crippen LogP contribution in [0.5, 0.6) is 0 Å². The number of hydrogen-bond acceptors (Lipinski definition) is 0. The lowest BCUT2D eigenvalue weighted by atomic mass is 10.2. The van der Waals surface area contributed by atoms with Crippen molar-refractivity contribution < 1.29 is 28.2 Å². The van der Waals surface area contributed by atoms with Crippen molar-refractivity contribution in [2.75, 3.05) is 0 Å². The second-order valence-corrected chi connectivity index (χ2v) is 2.16. The second-order valence-electron chi connectivity index (χ2n) is 2.16. The average molecular weight is 220 g/mol. The summed E-state index contributed by atoms with van der Waals surface area (Å²) in [5, 5.41) is 0. The fourth-order valence-electron chi connectivity index (χ4n) is 0.807. The van der Waals surface area contributed by atoms with E-state index >= 15 is 0 Å². The fraction of sp³-hybridized carbons (Fsp3) is 0.250. The van der Waals surface area contributed by atoms with Gasteiger partial charge in [0.25, 0.3) is 0 Å². The molecule has 0 heterocycles. The van der Waals surface area contributed by atoms with Crippen molar-refractivity contribution >= 4 is 0 Å². The number of rotatable bonds is 0. The SMILES string of the molecule is Cc1cccc(C)c1.[F-].[F-].[F-].[F-].[F-].[F-]. The predicted molar refractivity (Wildman–Crippen MR) is 35.9 cm³/mol. The van der Waals surface area contributed by atoms with Gasteiger partial charge in [-0.2, -0.15) is 0 Å². The lowest BCUT2D eigenvalue weighted by molar-refractivity contribution is -0.00100. The van der Waals surface area contributed by atoms with Gasteiger partial charge < -0.3 is 28.2 Å². The van der Waals surface area contributed by atoms with E-state index in [1.54, 1.807) is 0 Å². The van der Waals surface area contributed by atoms with E-state index in [1.807, 2.05) is 0 Å². The van der Waals surface area contributed by atoms with Crippen molar-refractivity contribution in [2.45, 2.75) is 13.8 Å². The first kappa shape index (κ1) is 38.5. The first-order valence-electron chi connectivity index (χ1n) is 2.82. The maximum atomic E-state index is 2.17. The molecular formula is C8H10F6-6. The molecular weight excluding hydrogens is 210 g/mol. The molecule has 0 spiro atoms. The maximum Gasteiger partial charge on any atom is -0.0398 e. The van der Waals surface area contributed by atoms with E-state index in [-0.39, 0.29) is 28.2 Å². The van der Waals surface area contributed by atoms with Crippen LogP contribution in [-0.2, 0) is 0 Å². The minimum atomic E-state index is 0. The van der Waals surface area contributed by atoms with Gasteiger partial charge in [-0.25, -0.2) is 0 Å². The normalized spacial score (nSPS) is 5.29. The molecule has 14 heavy (non-hydrogen) atoms. The van der Waals surface area contributed by atoms with Crippen LogP contribution >= 0.6 is 0 Å². The van der Waals surface area contributed by atoms with E-state index < -0.39 is 0 Å². The van der Waals surface area contributed by atoms with Gasteiger partial charge in [-0.1, -0.05) is 35.4 Å². The van der Waals surface area contributed by atoms with Gasteiger partial charge in [0.15, 0.2) is 0 Å². The van der Waals surface area contributed by atoms with Gasteiger partial charge in [-0.15, -0.1) is 0 Å². The molecule has 0 N–H and O–H groups in total. The van der Waals surface area contributed by atoms with Gasteiger partial charge in [0.1, 0.15) is 0 Å². The van der Waals surface area contributed by atoms with Crippen LogP contribution in [-0.4, -0.2) is 0 Å². The van der Waals surface area contributed by atoms with Crippen molar-refractivity contribution in [3.8, 4) is 0 Å². The summed E-state index contributed by atoms with van der Waals surface area (Å²) in [6, 6.07) is 8.45. The molecule has 0 nitrogen and oxygen atoms in total. The fourth-order valence-corrected chi connectivity index (χ4v) is 0.807. The molecule has 0 unspecified atom stereocenters. The third-order valence-corrected chi connectivity index (χ3v) is 1.17. The summed E-state index contributed by atoms with van der Waals surface area (Å²) in [7, 11) is 0. The second kappa shape index (κ2) is 17.8. The summed E-state index contributed by atoms with van der Waals surface area (Å²) >= 11 is 0. The Kier molecular flexibility index (Phi) is 48.9. The number of hydrogen-bond donors (Lipinski definition) is 0. The molecule has 1 rings (SSSR count). The first-order valence-corrected chi connectivity index (χ1v) is 2.82. The Hall–Kier alpha value is -1.20. The summed E-state index contributed by atoms with van der Waals surface area (Å²) in [6.07, 6.45) is 0. The van der Waals surface area contributed by atoms with E-state index in [9.17, 15) is 0 Å². The Balaban J connectivity index is -0.0000000267. The van der Waals surface area contributed by atoms with Gasteiger partial charge >= 0.3 is 0 Å². The molecule has 0 aliphatic rings. The van der Waals surface area contributed by atoms with Gasteiger partial charge in [0.05, 0.1) is 0 Å². The monoisotopic (exact) mass is 220 g/mol. The lowest BCUT2D eigenvalue weighted by Crippen LogP contribution is -3.00. The van der Waals surface area contributed by atoms with Gasteiger partial charge in [0.2, 0.25) is 0 Å². The zero-order valence-corrected chi connectivity index (χ0v) is 7.58. The summed E-state index contributed by atoms with van der Waals surface area (Å²) < 4.78 is 0. The first-order chi connectivity index (χ1) is 3.79.